The van der Waals surface area contributed by atoms with Crippen molar-refractivity contribution in [2.24, 2.45) is 57.7 Å². The molecule has 9 aliphatic rings. The minimum absolute atomic E-state index is 0.360. The van der Waals surface area contributed by atoms with Crippen molar-refractivity contribution in [3.05, 3.63) is 0 Å². The van der Waals surface area contributed by atoms with Gasteiger partial charge in [0.25, 0.3) is 0 Å². The summed E-state index contributed by atoms with van der Waals surface area (Å²) in [5, 5.41) is 0. The van der Waals surface area contributed by atoms with Gasteiger partial charge in [-0.3, -0.25) is 0 Å². The van der Waals surface area contributed by atoms with Crippen LogP contribution in [-0.2, 0) is 4.79 Å². The van der Waals surface area contributed by atoms with E-state index in [0.717, 1.165) is 22.7 Å². The van der Waals surface area contributed by atoms with E-state index in [1.807, 2.05) is 0 Å². The molecule has 0 spiro atoms. The van der Waals surface area contributed by atoms with Crippen LogP contribution in [0.3, 0.4) is 0 Å². The normalized spacial score (nSPS) is 112. The molecule has 0 radical (unpaired) electrons. The second-order valence-corrected chi connectivity index (χ2v) is 6.54. The molecule has 0 aromatic carbocycles. The van der Waals surface area contributed by atoms with Gasteiger partial charge in [0, 0.05) is 5.41 Å². The van der Waals surface area contributed by atoms with E-state index >= 15 is 0 Å². The summed E-state index contributed by atoms with van der Waals surface area (Å²) < 4.78 is 0. The predicted octanol–water partition coefficient (Wildman–Crippen LogP) is 0.553. The van der Waals surface area contributed by atoms with Crippen LogP contribution in [0, 0.1) is 57.7 Å². The molecule has 9 saturated carbocycles. The Balaban J connectivity index is 1.56. The van der Waals surface area contributed by atoms with Gasteiger partial charge in [-0.1, -0.05) is 0 Å². The van der Waals surface area contributed by atoms with Crippen molar-refractivity contribution in [2.45, 2.75) is 0 Å². The lowest BCUT2D eigenvalue weighted by Gasteiger charge is -2.27. The van der Waals surface area contributed by atoms with Crippen LogP contribution >= 0.6 is 0 Å². The monoisotopic (exact) mass is 156 g/mol. The first-order valence-corrected chi connectivity index (χ1v) is 5.38. The molecule has 6 unspecified atom stereocenters. The lowest BCUT2D eigenvalue weighted by molar-refractivity contribution is -0.109. The molecule has 0 aliphatic heterocycles. The molecule has 9 aliphatic carbocycles. The topological polar surface area (TPSA) is 17.1 Å². The van der Waals surface area contributed by atoms with Crippen molar-refractivity contribution in [3.8, 4) is 0 Å². The third kappa shape index (κ3) is 0.117. The van der Waals surface area contributed by atoms with Gasteiger partial charge in [-0.25, -0.2) is 0 Å². The molecule has 9 fully saturated rings. The summed E-state index contributed by atoms with van der Waals surface area (Å²) in [5.41, 5.74) is 1.96. The molecular weight excluding hydrogens is 148 g/mol. The van der Waals surface area contributed by atoms with Crippen LogP contribution in [0.1, 0.15) is 0 Å². The highest BCUT2D eigenvalue weighted by Gasteiger charge is 3.30. The van der Waals surface area contributed by atoms with Crippen molar-refractivity contribution in [3.63, 3.8) is 0 Å². The highest BCUT2D eigenvalue weighted by Crippen LogP contribution is 3.30. The molecule has 0 saturated heterocycles. The Kier molecular flexibility index (Phi) is 0.225. The van der Waals surface area contributed by atoms with Gasteiger partial charge in [0.05, 0.1) is 0 Å². The fourth-order valence-corrected chi connectivity index (χ4v) is 7.20. The molecule has 0 amide bonds. The van der Waals surface area contributed by atoms with Gasteiger partial charge in [0.2, 0.25) is 0 Å². The number of aldehydes is 1. The SMILES string of the molecule is O=CC12C3C1C32C12C3C4C3C1C42. The zero-order valence-corrected chi connectivity index (χ0v) is 6.53. The standard InChI is InChI=1S/C11H8O/c12-1-9-7-8(9)11(7,9)10-4-2-3(4)6(10)5(2)10/h1-8H. The molecule has 0 N–H and O–H groups in total. The van der Waals surface area contributed by atoms with E-state index < -0.39 is 0 Å². The maximum absolute atomic E-state index is 10.9. The molecule has 9 rings (SSSR count). The summed E-state index contributed by atoms with van der Waals surface area (Å²) >= 11 is 0. The molecule has 6 atom stereocenters. The molecular formula is C11H8O. The zero-order valence-electron chi connectivity index (χ0n) is 6.53. The number of rotatable bonds is 2. The van der Waals surface area contributed by atoms with E-state index in [1.165, 1.54) is 35.9 Å². The van der Waals surface area contributed by atoms with Crippen molar-refractivity contribution < 1.29 is 4.79 Å². The largest absolute Gasteiger partial charge is 0.303 e. The zero-order chi connectivity index (χ0) is 7.25. The molecule has 0 aromatic heterocycles. The van der Waals surface area contributed by atoms with Gasteiger partial charge < -0.3 is 4.79 Å². The summed E-state index contributed by atoms with van der Waals surface area (Å²) in [6.07, 6.45) is 1.33. The molecule has 0 bridgehead atoms. The van der Waals surface area contributed by atoms with Gasteiger partial charge in [0.15, 0.2) is 0 Å². The first-order chi connectivity index (χ1) is 5.91. The maximum Gasteiger partial charge on any atom is 0.127 e. The number of carbonyl (C=O) groups excluding carboxylic acids is 1. The van der Waals surface area contributed by atoms with Crippen LogP contribution in [0.15, 0.2) is 0 Å². The van der Waals surface area contributed by atoms with E-state index in [0.29, 0.717) is 5.41 Å². The Bertz CT molecular complexity index is 410. The minimum atomic E-state index is 0.360. The summed E-state index contributed by atoms with van der Waals surface area (Å²) in [4.78, 5) is 10.9. The second-order valence-electron chi connectivity index (χ2n) is 6.54. The van der Waals surface area contributed by atoms with Crippen molar-refractivity contribution in [1.82, 2.24) is 0 Å². The van der Waals surface area contributed by atoms with Crippen molar-refractivity contribution in [2.75, 3.05) is 0 Å². The van der Waals surface area contributed by atoms with E-state index in [9.17, 15) is 4.79 Å². The van der Waals surface area contributed by atoms with Gasteiger partial charge in [0.1, 0.15) is 6.29 Å². The van der Waals surface area contributed by atoms with Gasteiger partial charge in [-0.05, 0) is 52.3 Å². The van der Waals surface area contributed by atoms with E-state index in [1.54, 1.807) is 0 Å². The molecule has 0 heterocycles. The summed E-state index contributed by atoms with van der Waals surface area (Å²) in [6.45, 7) is 0. The minimum Gasteiger partial charge on any atom is -0.303 e. The van der Waals surface area contributed by atoms with Crippen LogP contribution in [0.2, 0.25) is 0 Å². The smallest absolute Gasteiger partial charge is 0.127 e. The quantitative estimate of drug-likeness (QED) is 0.534. The Hall–Kier alpha value is -0.330. The summed E-state index contributed by atoms with van der Waals surface area (Å²) in [6, 6.07) is 0. The summed E-state index contributed by atoms with van der Waals surface area (Å²) in [5.74, 6) is 7.90. The van der Waals surface area contributed by atoms with Gasteiger partial charge in [-0.15, -0.1) is 0 Å². The van der Waals surface area contributed by atoms with Gasteiger partial charge >= 0.3 is 0 Å². The fourth-order valence-electron chi connectivity index (χ4n) is 7.20. The maximum atomic E-state index is 10.9. The third-order valence-electron chi connectivity index (χ3n) is 7.48. The molecule has 0 aromatic rings. The van der Waals surface area contributed by atoms with Crippen LogP contribution in [0.25, 0.3) is 0 Å². The highest BCUT2D eigenvalue weighted by atomic mass is 16.1. The first kappa shape index (κ1) is 4.26. The first-order valence-electron chi connectivity index (χ1n) is 5.38. The number of hydrogen-bond donors (Lipinski definition) is 0. The van der Waals surface area contributed by atoms with Crippen molar-refractivity contribution in [1.29, 1.82) is 0 Å². The van der Waals surface area contributed by atoms with E-state index in [-0.39, 0.29) is 0 Å². The van der Waals surface area contributed by atoms with E-state index in [4.69, 9.17) is 0 Å². The Morgan fingerprint density at radius 3 is 2.08 bits per heavy atom. The molecule has 58 valence electrons. The van der Waals surface area contributed by atoms with Gasteiger partial charge in [-0.2, -0.15) is 0 Å². The van der Waals surface area contributed by atoms with Crippen LogP contribution in [0.5, 0.6) is 0 Å². The Morgan fingerprint density at radius 2 is 1.67 bits per heavy atom. The number of hydrogen-bond acceptors (Lipinski definition) is 1. The van der Waals surface area contributed by atoms with Crippen molar-refractivity contribution >= 4 is 6.29 Å². The highest BCUT2D eigenvalue weighted by molar-refractivity contribution is 5.94. The third-order valence-corrected chi connectivity index (χ3v) is 7.48. The average molecular weight is 156 g/mol. The van der Waals surface area contributed by atoms with E-state index in [2.05, 4.69) is 0 Å². The lowest BCUT2D eigenvalue weighted by Crippen LogP contribution is -2.26. The second kappa shape index (κ2) is 0.634. The Morgan fingerprint density at radius 1 is 1.00 bits per heavy atom. The Labute approximate surface area is 69.5 Å². The average Bonchev–Trinajstić information content (AvgIpc) is 2.79. The van der Waals surface area contributed by atoms with Crippen LogP contribution < -0.4 is 0 Å². The fraction of sp³-hybridized carbons (Fsp3) is 0.909. The van der Waals surface area contributed by atoms with Crippen LogP contribution in [0.4, 0.5) is 0 Å². The molecule has 1 nitrogen and oxygen atoms in total. The molecule has 1 heteroatoms. The summed E-state index contributed by atoms with van der Waals surface area (Å²) in [7, 11) is 0. The number of carbonyl (C=O) groups is 1. The molecule has 12 heavy (non-hydrogen) atoms. The van der Waals surface area contributed by atoms with Crippen LogP contribution in [-0.4, -0.2) is 6.29 Å². The lowest BCUT2D eigenvalue weighted by atomic mass is 9.75. The predicted molar refractivity (Wildman–Crippen MR) is 37.8 cm³/mol.